The average molecular weight is 239 g/mol. The summed E-state index contributed by atoms with van der Waals surface area (Å²) in [5, 5.41) is 8.84. The molecule has 94 valence electrons. The van der Waals surface area contributed by atoms with Gasteiger partial charge in [0.1, 0.15) is 5.69 Å². The average Bonchev–Trinajstić information content (AvgIpc) is 2.70. The van der Waals surface area contributed by atoms with Gasteiger partial charge in [0.05, 0.1) is 18.4 Å². The van der Waals surface area contributed by atoms with Crippen molar-refractivity contribution in [2.24, 2.45) is 13.0 Å². The normalized spacial score (nSPS) is 12.2. The molecule has 1 atom stereocenters. The highest BCUT2D eigenvalue weighted by Crippen LogP contribution is 2.07. The number of amides is 1. The second-order valence-corrected chi connectivity index (χ2v) is 3.97. The predicted octanol–water partition coefficient (Wildman–Crippen LogP) is 0.603. The summed E-state index contributed by atoms with van der Waals surface area (Å²) in [7, 11) is 1.73. The number of nitrogens with zero attached hydrogens (tertiary/aromatic N) is 3. The van der Waals surface area contributed by atoms with Crippen molar-refractivity contribution in [3.05, 3.63) is 18.2 Å². The molecule has 1 rings (SSSR count). The Bertz CT molecular complexity index is 414. The van der Waals surface area contributed by atoms with Gasteiger partial charge in [0, 0.05) is 20.1 Å². The Labute approximate surface area is 99.9 Å². The molecular formula is C11H17N3O3. The monoisotopic (exact) mass is 239 g/mol. The molecule has 1 N–H and O–H groups in total. The molecule has 0 aromatic carbocycles. The number of rotatable bonds is 5. The molecule has 0 aliphatic carbocycles. The Kier molecular flexibility index (Phi) is 4.25. The van der Waals surface area contributed by atoms with Gasteiger partial charge in [-0.15, -0.1) is 0 Å². The van der Waals surface area contributed by atoms with Crippen LogP contribution in [0.5, 0.6) is 0 Å². The summed E-state index contributed by atoms with van der Waals surface area (Å²) in [6, 6.07) is 0. The second kappa shape index (κ2) is 5.47. The molecule has 17 heavy (non-hydrogen) atoms. The van der Waals surface area contributed by atoms with Crippen LogP contribution in [0, 0.1) is 5.92 Å². The Morgan fingerprint density at radius 1 is 1.59 bits per heavy atom. The molecular weight excluding hydrogens is 222 g/mol. The molecule has 0 aliphatic rings. The Morgan fingerprint density at radius 3 is 2.65 bits per heavy atom. The fourth-order valence-electron chi connectivity index (χ4n) is 1.49. The SMILES string of the molecule is CCN(CC(C)C(=O)O)C(=O)c1cncn1C. The van der Waals surface area contributed by atoms with Crippen molar-refractivity contribution in [1.82, 2.24) is 14.5 Å². The molecule has 6 heteroatoms. The van der Waals surface area contributed by atoms with Crippen LogP contribution >= 0.6 is 0 Å². The molecule has 1 unspecified atom stereocenters. The van der Waals surface area contributed by atoms with Crippen molar-refractivity contribution in [2.45, 2.75) is 13.8 Å². The third kappa shape index (κ3) is 3.05. The van der Waals surface area contributed by atoms with Gasteiger partial charge < -0.3 is 14.6 Å². The maximum absolute atomic E-state index is 12.1. The zero-order valence-electron chi connectivity index (χ0n) is 10.3. The highest BCUT2D eigenvalue weighted by molar-refractivity contribution is 5.92. The number of hydrogen-bond acceptors (Lipinski definition) is 3. The van der Waals surface area contributed by atoms with Crippen molar-refractivity contribution in [2.75, 3.05) is 13.1 Å². The van der Waals surface area contributed by atoms with E-state index in [4.69, 9.17) is 5.11 Å². The van der Waals surface area contributed by atoms with E-state index in [0.29, 0.717) is 12.2 Å². The minimum atomic E-state index is -0.902. The Balaban J connectivity index is 2.78. The number of aryl methyl sites for hydroxylation is 1. The van der Waals surface area contributed by atoms with Crippen molar-refractivity contribution >= 4 is 11.9 Å². The molecule has 1 aromatic heterocycles. The highest BCUT2D eigenvalue weighted by Gasteiger charge is 2.21. The minimum Gasteiger partial charge on any atom is -0.481 e. The van der Waals surface area contributed by atoms with E-state index in [2.05, 4.69) is 4.98 Å². The van der Waals surface area contributed by atoms with Gasteiger partial charge in [0.2, 0.25) is 0 Å². The summed E-state index contributed by atoms with van der Waals surface area (Å²) in [6.45, 7) is 4.09. The van der Waals surface area contributed by atoms with Gasteiger partial charge in [-0.05, 0) is 6.92 Å². The third-order valence-electron chi connectivity index (χ3n) is 2.62. The first kappa shape index (κ1) is 13.2. The van der Waals surface area contributed by atoms with Crippen molar-refractivity contribution in [3.63, 3.8) is 0 Å². The molecule has 1 amide bonds. The summed E-state index contributed by atoms with van der Waals surface area (Å²) < 4.78 is 1.62. The molecule has 1 aromatic rings. The highest BCUT2D eigenvalue weighted by atomic mass is 16.4. The quantitative estimate of drug-likeness (QED) is 0.816. The number of carbonyl (C=O) groups excluding carboxylic acids is 1. The minimum absolute atomic E-state index is 0.194. The first-order chi connectivity index (χ1) is 7.97. The van der Waals surface area contributed by atoms with E-state index in [1.165, 1.54) is 11.1 Å². The van der Waals surface area contributed by atoms with E-state index in [1.807, 2.05) is 6.92 Å². The van der Waals surface area contributed by atoms with Crippen molar-refractivity contribution in [3.8, 4) is 0 Å². The van der Waals surface area contributed by atoms with Crippen LogP contribution in [0.15, 0.2) is 12.5 Å². The van der Waals surface area contributed by atoms with Gasteiger partial charge in [-0.2, -0.15) is 0 Å². The summed E-state index contributed by atoms with van der Waals surface area (Å²) in [5.74, 6) is -1.67. The summed E-state index contributed by atoms with van der Waals surface area (Å²) in [4.78, 5) is 28.2. The Hall–Kier alpha value is -1.85. The maximum atomic E-state index is 12.1. The molecule has 0 saturated heterocycles. The standard InChI is InChI=1S/C11H17N3O3/c1-4-14(6-8(2)11(16)17)10(15)9-5-12-7-13(9)3/h5,7-8H,4,6H2,1-3H3,(H,16,17). The molecule has 0 radical (unpaired) electrons. The molecule has 0 saturated carbocycles. The zero-order chi connectivity index (χ0) is 13.0. The van der Waals surface area contributed by atoms with Crippen LogP contribution in [0.25, 0.3) is 0 Å². The van der Waals surface area contributed by atoms with Crippen LogP contribution in [0.3, 0.4) is 0 Å². The van der Waals surface area contributed by atoms with E-state index in [1.54, 1.807) is 24.9 Å². The lowest BCUT2D eigenvalue weighted by atomic mass is 10.1. The predicted molar refractivity (Wildman–Crippen MR) is 61.6 cm³/mol. The first-order valence-corrected chi connectivity index (χ1v) is 5.45. The lowest BCUT2D eigenvalue weighted by Crippen LogP contribution is -2.37. The number of carboxylic acid groups (broad SMARTS) is 1. The summed E-state index contributed by atoms with van der Waals surface area (Å²) in [5.41, 5.74) is 0.462. The van der Waals surface area contributed by atoms with Crippen LogP contribution < -0.4 is 0 Å². The lowest BCUT2D eigenvalue weighted by molar-refractivity contribution is -0.141. The number of aromatic nitrogens is 2. The summed E-state index contributed by atoms with van der Waals surface area (Å²) >= 11 is 0. The smallest absolute Gasteiger partial charge is 0.308 e. The number of carboxylic acids is 1. The van der Waals surface area contributed by atoms with Crippen molar-refractivity contribution < 1.29 is 14.7 Å². The number of carbonyl (C=O) groups is 2. The van der Waals surface area contributed by atoms with Gasteiger partial charge in [0.15, 0.2) is 0 Å². The van der Waals surface area contributed by atoms with E-state index < -0.39 is 11.9 Å². The van der Waals surface area contributed by atoms with Gasteiger partial charge >= 0.3 is 5.97 Å². The number of imidazole rings is 1. The molecule has 6 nitrogen and oxygen atoms in total. The molecule has 0 spiro atoms. The molecule has 0 aliphatic heterocycles. The molecule has 1 heterocycles. The zero-order valence-corrected chi connectivity index (χ0v) is 10.3. The third-order valence-corrected chi connectivity index (χ3v) is 2.62. The van der Waals surface area contributed by atoms with Crippen LogP contribution in [0.1, 0.15) is 24.3 Å². The van der Waals surface area contributed by atoms with Gasteiger partial charge in [-0.1, -0.05) is 6.92 Å². The summed E-state index contributed by atoms with van der Waals surface area (Å²) in [6.07, 6.45) is 3.03. The van der Waals surface area contributed by atoms with Gasteiger partial charge in [0.25, 0.3) is 5.91 Å². The van der Waals surface area contributed by atoms with E-state index in [9.17, 15) is 9.59 Å². The number of aliphatic carboxylic acids is 1. The fraction of sp³-hybridized carbons (Fsp3) is 0.545. The first-order valence-electron chi connectivity index (χ1n) is 5.45. The van der Waals surface area contributed by atoms with Crippen LogP contribution in [-0.4, -0.2) is 44.5 Å². The Morgan fingerprint density at radius 2 is 2.24 bits per heavy atom. The van der Waals surface area contributed by atoms with Crippen LogP contribution in [-0.2, 0) is 11.8 Å². The van der Waals surface area contributed by atoms with Gasteiger partial charge in [-0.25, -0.2) is 4.98 Å². The maximum Gasteiger partial charge on any atom is 0.308 e. The number of hydrogen-bond donors (Lipinski definition) is 1. The second-order valence-electron chi connectivity index (χ2n) is 3.97. The van der Waals surface area contributed by atoms with Crippen LogP contribution in [0.2, 0.25) is 0 Å². The van der Waals surface area contributed by atoms with Crippen molar-refractivity contribution in [1.29, 1.82) is 0 Å². The van der Waals surface area contributed by atoms with E-state index >= 15 is 0 Å². The van der Waals surface area contributed by atoms with E-state index in [-0.39, 0.29) is 12.5 Å². The van der Waals surface area contributed by atoms with E-state index in [0.717, 1.165) is 0 Å². The van der Waals surface area contributed by atoms with Gasteiger partial charge in [-0.3, -0.25) is 9.59 Å². The molecule has 0 fully saturated rings. The van der Waals surface area contributed by atoms with Crippen LogP contribution in [0.4, 0.5) is 0 Å². The fourth-order valence-corrected chi connectivity index (χ4v) is 1.49. The largest absolute Gasteiger partial charge is 0.481 e. The lowest BCUT2D eigenvalue weighted by Gasteiger charge is -2.22. The molecule has 0 bridgehead atoms. The topological polar surface area (TPSA) is 75.4 Å².